The van der Waals surface area contributed by atoms with Crippen LogP contribution < -0.4 is 5.32 Å². The molecule has 0 aliphatic carbocycles. The molecule has 4 heteroatoms. The number of rotatable bonds is 17. The second-order valence-corrected chi connectivity index (χ2v) is 22.1. The number of nitrogens with zero attached hydrogens (tertiary/aromatic N) is 1. The van der Waals surface area contributed by atoms with Gasteiger partial charge in [-0.25, -0.2) is 0 Å². The quantitative estimate of drug-likeness (QED) is 0.202. The summed E-state index contributed by atoms with van der Waals surface area (Å²) < 4.78 is 6.67. The molecule has 0 aromatic carbocycles. The Kier molecular flexibility index (Phi) is 21.3. The Labute approximate surface area is 164 Å². The summed E-state index contributed by atoms with van der Waals surface area (Å²) in [5, 5.41) is 3.69. The third-order valence-corrected chi connectivity index (χ3v) is 21.3. The third-order valence-electron chi connectivity index (χ3n) is 5.20. The predicted molar refractivity (Wildman–Crippen MR) is 118 cm³/mol. The van der Waals surface area contributed by atoms with Crippen LogP contribution in [0.25, 0.3) is 0 Å². The molecule has 1 N–H and O–H groups in total. The third kappa shape index (κ3) is 15.3. The van der Waals surface area contributed by atoms with Gasteiger partial charge in [-0.15, -0.1) is 12.4 Å². The minimum atomic E-state index is -1.83. The summed E-state index contributed by atoms with van der Waals surface area (Å²) >= 11 is -1.83. The predicted octanol–water partition coefficient (Wildman–Crippen LogP) is 6.19. The average molecular weight is 470 g/mol. The van der Waals surface area contributed by atoms with Crippen molar-refractivity contribution in [3.8, 4) is 0 Å². The minimum absolute atomic E-state index is 0. The van der Waals surface area contributed by atoms with Crippen molar-refractivity contribution >= 4 is 30.8 Å². The summed E-state index contributed by atoms with van der Waals surface area (Å²) in [6.45, 7) is 10.8. The van der Waals surface area contributed by atoms with Gasteiger partial charge < -0.3 is 0 Å². The van der Waals surface area contributed by atoms with Crippen molar-refractivity contribution in [1.29, 1.82) is 0 Å². The topological polar surface area (TPSA) is 15.3 Å². The molecular weight excluding hydrogens is 422 g/mol. The largest absolute Gasteiger partial charge is 0.147 e. The van der Waals surface area contributed by atoms with Crippen LogP contribution in [0.2, 0.25) is 17.7 Å². The maximum Gasteiger partial charge on any atom is -0.147 e. The van der Waals surface area contributed by atoms with E-state index in [4.69, 9.17) is 0 Å². The van der Waals surface area contributed by atoms with E-state index in [0.717, 1.165) is 0 Å². The Bertz CT molecular complexity index is 228. The van der Waals surface area contributed by atoms with Crippen molar-refractivity contribution in [2.24, 2.45) is 0 Å². The molecule has 0 aliphatic rings. The summed E-state index contributed by atoms with van der Waals surface area (Å²) in [6.07, 6.45) is 11.5. The Morgan fingerprint density at radius 1 is 0.667 bits per heavy atom. The van der Waals surface area contributed by atoms with Gasteiger partial charge in [-0.1, -0.05) is 0 Å². The van der Waals surface area contributed by atoms with E-state index in [0.29, 0.717) is 0 Å². The van der Waals surface area contributed by atoms with Crippen LogP contribution in [0.3, 0.4) is 0 Å². The van der Waals surface area contributed by atoms with Crippen molar-refractivity contribution in [1.82, 2.24) is 10.2 Å². The van der Waals surface area contributed by atoms with Crippen molar-refractivity contribution in [2.75, 3.05) is 33.7 Å². The molecule has 0 rings (SSSR count). The molecule has 0 saturated carbocycles. The summed E-state index contributed by atoms with van der Waals surface area (Å²) in [7, 11) is 4.33. The fourth-order valence-corrected chi connectivity index (χ4v) is 20.0. The second kappa shape index (κ2) is 18.8. The van der Waals surface area contributed by atoms with Crippen LogP contribution in [0.4, 0.5) is 0 Å². The smallest absolute Gasteiger partial charge is 0.147 e. The average Bonchev–Trinajstić information content (AvgIpc) is 2.54. The summed E-state index contributed by atoms with van der Waals surface area (Å²) in [5.74, 6) is 0. The summed E-state index contributed by atoms with van der Waals surface area (Å²) in [6, 6.07) is 0. The molecule has 0 saturated heterocycles. The first-order chi connectivity index (χ1) is 11.1. The van der Waals surface area contributed by atoms with Gasteiger partial charge in [0.25, 0.3) is 0 Å². The molecule has 0 fully saturated rings. The van der Waals surface area contributed by atoms with Crippen molar-refractivity contribution in [3.05, 3.63) is 0 Å². The van der Waals surface area contributed by atoms with E-state index in [1.807, 2.05) is 0 Å². The fraction of sp³-hybridized carbons (Fsp3) is 1.00. The van der Waals surface area contributed by atoms with E-state index in [1.165, 1.54) is 71.0 Å². The molecule has 0 unspecified atom stereocenters. The molecule has 0 aliphatic heterocycles. The maximum absolute atomic E-state index is 3.69. The number of unbranched alkanes of at least 4 members (excludes halogenated alkanes) is 3. The Hall–Kier alpha value is 1.01. The Morgan fingerprint density at radius 3 is 1.50 bits per heavy atom. The number of nitrogens with one attached hydrogen (secondary N) is 1. The first kappa shape index (κ1) is 27.2. The van der Waals surface area contributed by atoms with Gasteiger partial charge in [0.05, 0.1) is 0 Å². The number of hydrogen-bond acceptors (Lipinski definition) is 2. The van der Waals surface area contributed by atoms with E-state index in [9.17, 15) is 0 Å². The van der Waals surface area contributed by atoms with E-state index in [1.54, 1.807) is 17.7 Å². The Balaban J connectivity index is 0. The molecule has 0 amide bonds. The molecule has 0 spiro atoms. The fourth-order valence-electron chi connectivity index (χ4n) is 3.64. The van der Waals surface area contributed by atoms with Gasteiger partial charge in [-0.05, 0) is 0 Å². The zero-order valence-electron chi connectivity index (χ0n) is 17.5. The van der Waals surface area contributed by atoms with Gasteiger partial charge in [0.2, 0.25) is 0 Å². The van der Waals surface area contributed by atoms with Crippen molar-refractivity contribution in [2.45, 2.75) is 89.9 Å². The van der Waals surface area contributed by atoms with Crippen LogP contribution >= 0.6 is 12.4 Å². The van der Waals surface area contributed by atoms with Crippen LogP contribution in [0.15, 0.2) is 0 Å². The first-order valence-corrected chi connectivity index (χ1v) is 18.5. The SMILES string of the molecule is CCC[CH2][Sn]([CH2]CCC)([CH2]CCC)[CH2]CCNCCCN(C)C.Cl. The van der Waals surface area contributed by atoms with E-state index >= 15 is 0 Å². The molecule has 2 nitrogen and oxygen atoms in total. The summed E-state index contributed by atoms with van der Waals surface area (Å²) in [4.78, 5) is 2.28. The molecule has 0 bridgehead atoms. The van der Waals surface area contributed by atoms with Crippen molar-refractivity contribution < 1.29 is 0 Å². The zero-order chi connectivity index (χ0) is 17.4. The molecule has 0 atom stereocenters. The van der Waals surface area contributed by atoms with Crippen molar-refractivity contribution in [3.63, 3.8) is 0 Å². The maximum atomic E-state index is 3.69. The van der Waals surface area contributed by atoms with Gasteiger partial charge in [0, 0.05) is 0 Å². The van der Waals surface area contributed by atoms with Crippen LogP contribution in [-0.4, -0.2) is 57.0 Å². The molecule has 0 heterocycles. The van der Waals surface area contributed by atoms with E-state index in [2.05, 4.69) is 45.1 Å². The molecule has 0 aromatic rings. The van der Waals surface area contributed by atoms with Gasteiger partial charge in [-0.3, -0.25) is 0 Å². The molecule has 0 radical (unpaired) electrons. The number of hydrogen-bond donors (Lipinski definition) is 1. The van der Waals surface area contributed by atoms with Crippen LogP contribution in [0.5, 0.6) is 0 Å². The standard InChI is InChI=1S/C8H19N2.3C4H9.ClH.Sn/c1-4-6-9-7-5-8-10(2)3;3*1-3-4-2;;/h9H,1,4-8H2,2-3H3;3*1,3-4H2,2H3;1H;. The minimum Gasteiger partial charge on any atom is -0.147 e. The molecule has 148 valence electrons. The summed E-state index contributed by atoms with van der Waals surface area (Å²) in [5.41, 5.74) is 0. The van der Waals surface area contributed by atoms with Gasteiger partial charge >= 0.3 is 152 Å². The number of halogens is 1. The van der Waals surface area contributed by atoms with E-state index < -0.39 is 18.4 Å². The van der Waals surface area contributed by atoms with Crippen LogP contribution in [0, 0.1) is 0 Å². The van der Waals surface area contributed by atoms with Gasteiger partial charge in [-0.2, -0.15) is 0 Å². The molecular formula is C20H47ClN2Sn. The van der Waals surface area contributed by atoms with Crippen LogP contribution in [-0.2, 0) is 0 Å². The van der Waals surface area contributed by atoms with Gasteiger partial charge in [0.15, 0.2) is 0 Å². The van der Waals surface area contributed by atoms with Gasteiger partial charge in [0.1, 0.15) is 0 Å². The van der Waals surface area contributed by atoms with E-state index in [-0.39, 0.29) is 12.4 Å². The second-order valence-electron chi connectivity index (χ2n) is 7.82. The normalized spacial score (nSPS) is 11.8. The Morgan fingerprint density at radius 2 is 1.08 bits per heavy atom. The zero-order valence-corrected chi connectivity index (χ0v) is 21.1. The molecule has 0 aromatic heterocycles. The molecule has 24 heavy (non-hydrogen) atoms. The first-order valence-electron chi connectivity index (χ1n) is 10.5. The van der Waals surface area contributed by atoms with Crippen LogP contribution in [0.1, 0.15) is 72.1 Å². The monoisotopic (exact) mass is 470 g/mol.